The van der Waals surface area contributed by atoms with Crippen molar-refractivity contribution in [1.82, 2.24) is 0 Å². The van der Waals surface area contributed by atoms with Crippen LogP contribution in [0.2, 0.25) is 0 Å². The van der Waals surface area contributed by atoms with Crippen LogP contribution < -0.4 is 5.73 Å². The summed E-state index contributed by atoms with van der Waals surface area (Å²) in [7, 11) is 0. The molecule has 5 nitrogen and oxygen atoms in total. The fourth-order valence-corrected chi connectivity index (χ4v) is 1.30. The van der Waals surface area contributed by atoms with Gasteiger partial charge in [-0.2, -0.15) is 15.5 Å². The van der Waals surface area contributed by atoms with Crippen LogP contribution in [0, 0.1) is 21.8 Å². The van der Waals surface area contributed by atoms with E-state index in [2.05, 4.69) is 32.8 Å². The van der Waals surface area contributed by atoms with Gasteiger partial charge < -0.3 is 5.73 Å². The predicted molar refractivity (Wildman–Crippen MR) is 67.0 cm³/mol. The molecule has 16 heavy (non-hydrogen) atoms. The number of hydrogen-bond acceptors (Lipinski definition) is 4. The first-order valence-electron chi connectivity index (χ1n) is 4.40. The summed E-state index contributed by atoms with van der Waals surface area (Å²) in [5.41, 5.74) is 6.61. The van der Waals surface area contributed by atoms with E-state index in [-0.39, 0.29) is 0 Å². The van der Waals surface area contributed by atoms with E-state index in [1.807, 2.05) is 19.1 Å². The lowest BCUT2D eigenvalue weighted by Crippen LogP contribution is -2.24. The number of carbonyl (C=O) groups excluding carboxylic acids is 1. The Labute approximate surface area is 106 Å². The molecule has 0 radical (unpaired) electrons. The number of nitriles is 1. The molecule has 0 aromatic heterocycles. The summed E-state index contributed by atoms with van der Waals surface area (Å²) in [6, 6.07) is 5.90. The lowest BCUT2D eigenvalue weighted by molar-refractivity contribution is -0.118. The molecule has 1 rings (SSSR count). The summed E-state index contributed by atoms with van der Waals surface area (Å²) in [5.74, 6) is -0.798. The topological polar surface area (TPSA) is 91.6 Å². The summed E-state index contributed by atoms with van der Waals surface area (Å²) < 4.78 is 1.11. The number of azo groups is 1. The Hall–Kier alpha value is -1.49. The maximum atomic E-state index is 10.7. The third-order valence-electron chi connectivity index (χ3n) is 1.82. The smallest absolute Gasteiger partial charge is 0.258 e. The van der Waals surface area contributed by atoms with Gasteiger partial charge in [-0.05, 0) is 53.3 Å². The van der Waals surface area contributed by atoms with Gasteiger partial charge in [-0.1, -0.05) is 0 Å². The van der Waals surface area contributed by atoms with E-state index in [9.17, 15) is 4.79 Å². The molecule has 1 aromatic rings. The lowest BCUT2D eigenvalue weighted by atomic mass is 10.2. The molecule has 0 saturated heterocycles. The van der Waals surface area contributed by atoms with Gasteiger partial charge in [0.1, 0.15) is 6.07 Å². The van der Waals surface area contributed by atoms with Crippen LogP contribution in [0.15, 0.2) is 28.4 Å². The SMILES string of the molecule is Cc1cc(N=NC(C#N)C(N)=O)ccc1I. The zero-order valence-electron chi connectivity index (χ0n) is 8.51. The van der Waals surface area contributed by atoms with Crippen LogP contribution in [0.3, 0.4) is 0 Å². The van der Waals surface area contributed by atoms with Crippen molar-refractivity contribution in [3.8, 4) is 6.07 Å². The minimum absolute atomic E-state index is 0.597. The van der Waals surface area contributed by atoms with Crippen molar-refractivity contribution in [3.63, 3.8) is 0 Å². The maximum absolute atomic E-state index is 10.7. The van der Waals surface area contributed by atoms with Gasteiger partial charge in [-0.25, -0.2) is 0 Å². The Bertz CT molecular complexity index is 478. The Morgan fingerprint density at radius 1 is 1.62 bits per heavy atom. The molecule has 1 aromatic carbocycles. The van der Waals surface area contributed by atoms with E-state index in [0.29, 0.717) is 5.69 Å². The number of nitrogens with two attached hydrogens (primary N) is 1. The third-order valence-corrected chi connectivity index (χ3v) is 3.03. The molecule has 82 valence electrons. The van der Waals surface area contributed by atoms with Crippen molar-refractivity contribution in [1.29, 1.82) is 5.26 Å². The normalized spacial score (nSPS) is 12.3. The molecule has 0 saturated carbocycles. The van der Waals surface area contributed by atoms with Crippen molar-refractivity contribution in [3.05, 3.63) is 27.3 Å². The van der Waals surface area contributed by atoms with Crippen molar-refractivity contribution in [2.75, 3.05) is 0 Å². The summed E-state index contributed by atoms with van der Waals surface area (Å²) in [6.45, 7) is 1.94. The Morgan fingerprint density at radius 2 is 2.31 bits per heavy atom. The first kappa shape index (κ1) is 12.6. The molecule has 1 amide bonds. The number of amides is 1. The Morgan fingerprint density at radius 3 is 2.81 bits per heavy atom. The monoisotopic (exact) mass is 328 g/mol. The van der Waals surface area contributed by atoms with Gasteiger partial charge in [0.05, 0.1) is 5.69 Å². The van der Waals surface area contributed by atoms with Gasteiger partial charge in [0, 0.05) is 3.57 Å². The molecule has 6 heteroatoms. The summed E-state index contributed by atoms with van der Waals surface area (Å²) in [4.78, 5) is 10.7. The van der Waals surface area contributed by atoms with Gasteiger partial charge in [-0.3, -0.25) is 4.79 Å². The van der Waals surface area contributed by atoms with Crippen molar-refractivity contribution in [2.24, 2.45) is 16.0 Å². The van der Waals surface area contributed by atoms with Crippen molar-refractivity contribution < 1.29 is 4.79 Å². The van der Waals surface area contributed by atoms with Crippen LogP contribution in [0.5, 0.6) is 0 Å². The summed E-state index contributed by atoms with van der Waals surface area (Å²) >= 11 is 2.20. The zero-order valence-corrected chi connectivity index (χ0v) is 10.7. The largest absolute Gasteiger partial charge is 0.367 e. The highest BCUT2D eigenvalue weighted by Crippen LogP contribution is 2.19. The molecule has 0 bridgehead atoms. The number of carbonyl (C=O) groups is 1. The van der Waals surface area contributed by atoms with Crippen LogP contribution >= 0.6 is 22.6 Å². The highest BCUT2D eigenvalue weighted by atomic mass is 127. The molecule has 1 atom stereocenters. The molecule has 2 N–H and O–H groups in total. The van der Waals surface area contributed by atoms with Crippen LogP contribution in [0.25, 0.3) is 0 Å². The lowest BCUT2D eigenvalue weighted by Gasteiger charge is -1.99. The van der Waals surface area contributed by atoms with Crippen LogP contribution in [0.4, 0.5) is 5.69 Å². The van der Waals surface area contributed by atoms with Crippen LogP contribution in [-0.4, -0.2) is 11.9 Å². The second kappa shape index (κ2) is 5.55. The fraction of sp³-hybridized carbons (Fsp3) is 0.200. The molecule has 0 aliphatic heterocycles. The number of aryl methyl sites for hydroxylation is 1. The molecule has 1 unspecified atom stereocenters. The number of rotatable bonds is 3. The number of benzene rings is 1. The summed E-state index contributed by atoms with van der Waals surface area (Å²) in [5, 5.41) is 15.9. The molecule has 0 heterocycles. The van der Waals surface area contributed by atoms with E-state index in [0.717, 1.165) is 9.13 Å². The molecule has 0 aliphatic carbocycles. The first-order chi connectivity index (χ1) is 7.54. The quantitative estimate of drug-likeness (QED) is 0.679. The van der Waals surface area contributed by atoms with E-state index in [4.69, 9.17) is 11.0 Å². The first-order valence-corrected chi connectivity index (χ1v) is 5.48. The Balaban J connectivity index is 2.88. The second-order valence-corrected chi connectivity index (χ2v) is 4.25. The van der Waals surface area contributed by atoms with E-state index in [1.165, 1.54) is 0 Å². The molecule has 0 fully saturated rings. The molecule has 0 spiro atoms. The van der Waals surface area contributed by atoms with E-state index < -0.39 is 11.9 Å². The van der Waals surface area contributed by atoms with Gasteiger partial charge in [-0.15, -0.1) is 0 Å². The predicted octanol–water partition coefficient (Wildman–Crippen LogP) is 2.06. The average Bonchev–Trinajstić information content (AvgIpc) is 2.23. The second-order valence-electron chi connectivity index (χ2n) is 3.08. The minimum atomic E-state index is -1.22. The molecular formula is C10H9IN4O. The van der Waals surface area contributed by atoms with Gasteiger partial charge in [0.25, 0.3) is 5.91 Å². The number of nitrogens with zero attached hydrogens (tertiary/aromatic N) is 3. The minimum Gasteiger partial charge on any atom is -0.367 e. The van der Waals surface area contributed by atoms with Crippen LogP contribution in [-0.2, 0) is 4.79 Å². The van der Waals surface area contributed by atoms with Gasteiger partial charge >= 0.3 is 0 Å². The number of halogens is 1. The fourth-order valence-electron chi connectivity index (χ4n) is 0.962. The zero-order chi connectivity index (χ0) is 12.1. The third kappa shape index (κ3) is 3.27. The van der Waals surface area contributed by atoms with Crippen LogP contribution in [0.1, 0.15) is 5.56 Å². The van der Waals surface area contributed by atoms with Gasteiger partial charge in [0.2, 0.25) is 6.04 Å². The van der Waals surface area contributed by atoms with E-state index in [1.54, 1.807) is 12.1 Å². The highest BCUT2D eigenvalue weighted by molar-refractivity contribution is 14.1. The number of primary amides is 1. The molecule has 0 aliphatic rings. The van der Waals surface area contributed by atoms with Crippen molar-refractivity contribution >= 4 is 34.2 Å². The van der Waals surface area contributed by atoms with E-state index >= 15 is 0 Å². The average molecular weight is 328 g/mol. The Kier molecular flexibility index (Phi) is 4.37. The van der Waals surface area contributed by atoms with Crippen molar-refractivity contribution in [2.45, 2.75) is 13.0 Å². The standard InChI is InChI=1S/C10H9IN4O/c1-6-4-7(2-3-8(6)11)14-15-9(5-12)10(13)16/h2-4,9H,1H3,(H2,13,16). The molecular weight excluding hydrogens is 319 g/mol. The summed E-state index contributed by atoms with van der Waals surface area (Å²) in [6.07, 6.45) is 0. The maximum Gasteiger partial charge on any atom is 0.258 e. The van der Waals surface area contributed by atoms with Gasteiger partial charge in [0.15, 0.2) is 0 Å². The number of hydrogen-bond donors (Lipinski definition) is 1. The highest BCUT2D eigenvalue weighted by Gasteiger charge is 2.11.